The van der Waals surface area contributed by atoms with Crippen LogP contribution >= 0.6 is 15.6 Å². The second-order valence-corrected chi connectivity index (χ2v) is 10.6. The highest BCUT2D eigenvalue weighted by Gasteiger charge is 2.50. The van der Waals surface area contributed by atoms with E-state index in [0.717, 1.165) is 12.3 Å². The van der Waals surface area contributed by atoms with Crippen LogP contribution in [-0.2, 0) is 32.0 Å². The third-order valence-corrected chi connectivity index (χ3v) is 7.71. The molecule has 3 unspecified atom stereocenters. The number of nitrogens with zero attached hydrogens (tertiary/aromatic N) is 1. The molecule has 0 radical (unpaired) electrons. The molecule has 0 spiro atoms. The molecule has 3 rings (SSSR count). The zero-order valence-electron chi connectivity index (χ0n) is 17.8. The number of hydrogen-bond acceptors (Lipinski definition) is 14. The maximum atomic E-state index is 13.9. The van der Waals surface area contributed by atoms with Crippen LogP contribution < -0.4 is 11.2 Å². The Morgan fingerprint density at radius 2 is 1.67 bits per heavy atom. The lowest BCUT2D eigenvalue weighted by Crippen LogP contribution is -2.57. The maximum absolute atomic E-state index is 13.9. The molecule has 206 valence electrons. The van der Waals surface area contributed by atoms with Gasteiger partial charge in [0.15, 0.2) is 18.7 Å². The Bertz CT molecular complexity index is 1130. The summed E-state index contributed by atoms with van der Waals surface area (Å²) in [7, 11) is -11.2. The zero-order chi connectivity index (χ0) is 27.0. The molecule has 0 aromatic carbocycles. The predicted molar refractivity (Wildman–Crippen MR) is 108 cm³/mol. The van der Waals surface area contributed by atoms with Gasteiger partial charge in [-0.2, -0.15) is 4.31 Å². The van der Waals surface area contributed by atoms with Crippen LogP contribution in [0.5, 0.6) is 0 Å². The summed E-state index contributed by atoms with van der Waals surface area (Å²) in [6.07, 6.45) is -16.6. The monoisotopic (exact) mass is 568 g/mol. The van der Waals surface area contributed by atoms with Gasteiger partial charge in [-0.3, -0.25) is 23.4 Å². The molecule has 0 aliphatic carbocycles. The predicted octanol–water partition coefficient (Wildman–Crippen LogP) is -3.82. The summed E-state index contributed by atoms with van der Waals surface area (Å²) >= 11 is 0. The number of ether oxygens (including phenoxy) is 2. The summed E-state index contributed by atoms with van der Waals surface area (Å²) in [4.78, 5) is 44.4. The Morgan fingerprint density at radius 3 is 2.28 bits per heavy atom. The van der Waals surface area contributed by atoms with E-state index in [1.165, 1.54) is 0 Å². The van der Waals surface area contributed by atoms with Crippen LogP contribution in [0.3, 0.4) is 0 Å². The summed E-state index contributed by atoms with van der Waals surface area (Å²) < 4.78 is 61.7. The molecule has 2 saturated heterocycles. The van der Waals surface area contributed by atoms with Gasteiger partial charge in [-0.25, -0.2) is 18.3 Å². The second kappa shape index (κ2) is 11.1. The van der Waals surface area contributed by atoms with Gasteiger partial charge in [0, 0.05) is 12.3 Å². The molecule has 11 atom stereocenters. The molecule has 0 bridgehead atoms. The van der Waals surface area contributed by atoms with Crippen LogP contribution in [0.15, 0.2) is 21.9 Å². The fourth-order valence-corrected chi connectivity index (χ4v) is 5.48. The van der Waals surface area contributed by atoms with Gasteiger partial charge in [-0.05, 0) is 0 Å². The molecule has 2 aliphatic heterocycles. The van der Waals surface area contributed by atoms with Crippen molar-refractivity contribution in [3.05, 3.63) is 33.1 Å². The van der Waals surface area contributed by atoms with Crippen molar-refractivity contribution in [1.82, 2.24) is 9.55 Å². The molecule has 1 aromatic heterocycles. The molecular formula is C15H23FN2O16P2. The minimum atomic E-state index is -5.65. The smallest absolute Gasteiger partial charge is 0.394 e. The average molecular weight is 568 g/mol. The van der Waals surface area contributed by atoms with Gasteiger partial charge in [-0.15, -0.1) is 0 Å². The molecule has 8 N–H and O–H groups in total. The van der Waals surface area contributed by atoms with Crippen molar-refractivity contribution in [2.75, 3.05) is 13.2 Å². The molecule has 0 amide bonds. The molecule has 36 heavy (non-hydrogen) atoms. The number of alkyl halides is 1. The van der Waals surface area contributed by atoms with Crippen LogP contribution in [0.1, 0.15) is 6.23 Å². The number of nitrogens with one attached hydrogen (secondary N) is 1. The molecule has 2 aliphatic rings. The minimum absolute atomic E-state index is 0.713. The Labute approximate surface area is 199 Å². The molecule has 0 saturated carbocycles. The fraction of sp³-hybridized carbons (Fsp3) is 0.733. The first-order valence-electron chi connectivity index (χ1n) is 9.95. The van der Waals surface area contributed by atoms with Crippen molar-refractivity contribution in [1.29, 1.82) is 0 Å². The number of aromatic nitrogens is 2. The van der Waals surface area contributed by atoms with Crippen molar-refractivity contribution >= 4 is 15.6 Å². The van der Waals surface area contributed by atoms with E-state index < -0.39 is 95.4 Å². The van der Waals surface area contributed by atoms with Gasteiger partial charge < -0.3 is 44.8 Å². The van der Waals surface area contributed by atoms with Crippen LogP contribution in [-0.4, -0.2) is 107 Å². The number of phosphoric acid groups is 2. The summed E-state index contributed by atoms with van der Waals surface area (Å²) in [6.45, 7) is -2.03. The van der Waals surface area contributed by atoms with Crippen molar-refractivity contribution in [2.24, 2.45) is 0 Å². The number of aromatic amines is 1. The van der Waals surface area contributed by atoms with Crippen molar-refractivity contribution < 1.29 is 71.7 Å². The highest BCUT2D eigenvalue weighted by atomic mass is 31.3. The van der Waals surface area contributed by atoms with E-state index in [4.69, 9.17) is 14.6 Å². The number of H-pyrrole nitrogens is 1. The largest absolute Gasteiger partial charge is 0.483 e. The van der Waals surface area contributed by atoms with Crippen LogP contribution in [0.25, 0.3) is 0 Å². The Hall–Kier alpha value is -1.41. The number of aliphatic hydroxyl groups excluding tert-OH is 5. The number of phosphoric ester groups is 2. The SMILES string of the molecule is O=c1ccn([C@@H]2O[C@H](COP(=O)(O)OP(=O)(O)OC3O[C@H](CO)[C@H](O)[C@H](F)[C@H]3O)[C@@H](O)[C@H]2O)c(=O)[nH]1. The number of aliphatic hydroxyl groups is 5. The van der Waals surface area contributed by atoms with Gasteiger partial charge in [0.05, 0.1) is 13.2 Å². The van der Waals surface area contributed by atoms with Crippen LogP contribution in [0.4, 0.5) is 4.39 Å². The van der Waals surface area contributed by atoms with Gasteiger partial charge >= 0.3 is 21.3 Å². The van der Waals surface area contributed by atoms with E-state index in [1.54, 1.807) is 0 Å². The van der Waals surface area contributed by atoms with E-state index in [0.29, 0.717) is 4.57 Å². The maximum Gasteiger partial charge on any atom is 0.483 e. The minimum Gasteiger partial charge on any atom is -0.394 e. The van der Waals surface area contributed by atoms with Gasteiger partial charge in [0.25, 0.3) is 5.56 Å². The number of hydrogen-bond donors (Lipinski definition) is 8. The first kappa shape index (κ1) is 29.2. The Kier molecular flexibility index (Phi) is 9.02. The van der Waals surface area contributed by atoms with Gasteiger partial charge in [-0.1, -0.05) is 0 Å². The van der Waals surface area contributed by atoms with E-state index in [9.17, 15) is 53.3 Å². The molecule has 3 heterocycles. The molecule has 1 aromatic rings. The van der Waals surface area contributed by atoms with E-state index in [1.807, 2.05) is 4.98 Å². The summed E-state index contributed by atoms with van der Waals surface area (Å²) in [5, 5.41) is 48.5. The molecule has 21 heteroatoms. The standard InChI is InChI=1S/C15H23FN2O16P2/c16-8-9(21)5(3-19)32-14(11(8)23)33-36(28,29)34-35(26,27)30-4-6-10(22)12(24)13(31-6)18-2-1-7(20)17-15(18)25/h1-2,5-6,8-14,19,21-24H,3-4H2,(H,26,27)(H,28,29)(H,17,20,25)/t5-,6-,8+,9+,10-,11-,12-,13-,14?/m1/s1. The normalized spacial score (nSPS) is 38.4. The highest BCUT2D eigenvalue weighted by molar-refractivity contribution is 7.61. The first-order chi connectivity index (χ1) is 16.7. The van der Waals surface area contributed by atoms with Crippen molar-refractivity contribution in [2.45, 2.75) is 55.3 Å². The quantitative estimate of drug-likeness (QED) is 0.133. The summed E-state index contributed by atoms with van der Waals surface area (Å²) in [5.74, 6) is 0. The summed E-state index contributed by atoms with van der Waals surface area (Å²) in [5.41, 5.74) is -1.76. The summed E-state index contributed by atoms with van der Waals surface area (Å²) in [6, 6.07) is 0.920. The molecule has 2 fully saturated rings. The van der Waals surface area contributed by atoms with E-state index in [-0.39, 0.29) is 0 Å². The van der Waals surface area contributed by atoms with Crippen LogP contribution in [0.2, 0.25) is 0 Å². The van der Waals surface area contributed by atoms with Crippen molar-refractivity contribution in [3.63, 3.8) is 0 Å². The third-order valence-electron chi connectivity index (χ3n) is 5.11. The lowest BCUT2D eigenvalue weighted by molar-refractivity contribution is -0.268. The van der Waals surface area contributed by atoms with E-state index in [2.05, 4.69) is 13.4 Å². The second-order valence-electron chi connectivity index (χ2n) is 7.63. The molecule has 18 nitrogen and oxygen atoms in total. The Morgan fingerprint density at radius 1 is 1.00 bits per heavy atom. The van der Waals surface area contributed by atoms with Gasteiger partial charge in [0.2, 0.25) is 0 Å². The highest BCUT2D eigenvalue weighted by Crippen LogP contribution is 2.61. The average Bonchev–Trinajstić information content (AvgIpc) is 3.06. The van der Waals surface area contributed by atoms with Crippen molar-refractivity contribution in [3.8, 4) is 0 Å². The number of halogens is 1. The lowest BCUT2D eigenvalue weighted by atomic mass is 10.0. The lowest BCUT2D eigenvalue weighted by Gasteiger charge is -2.38. The van der Waals surface area contributed by atoms with E-state index >= 15 is 0 Å². The zero-order valence-corrected chi connectivity index (χ0v) is 19.6. The fourth-order valence-electron chi connectivity index (χ4n) is 3.33. The Balaban J connectivity index is 1.61. The van der Waals surface area contributed by atoms with Crippen LogP contribution in [0, 0.1) is 0 Å². The molecular weight excluding hydrogens is 545 g/mol. The third kappa shape index (κ3) is 6.53. The topological polar surface area (TPSA) is 277 Å². The first-order valence-corrected chi connectivity index (χ1v) is 12.9. The number of rotatable bonds is 9. The van der Waals surface area contributed by atoms with Gasteiger partial charge in [0.1, 0.15) is 36.6 Å².